The minimum Gasteiger partial charge on any atom is -0.340 e. The molecule has 0 saturated heterocycles. The molecule has 3 aromatic carbocycles. The second kappa shape index (κ2) is 11.7. The molecule has 5 aromatic rings. The summed E-state index contributed by atoms with van der Waals surface area (Å²) in [6.07, 6.45) is 9.05. The lowest BCUT2D eigenvalue weighted by Gasteiger charge is -2.19. The van der Waals surface area contributed by atoms with E-state index in [0.29, 0.717) is 21.5 Å². The van der Waals surface area contributed by atoms with E-state index in [-0.39, 0.29) is 10.9 Å². The molecule has 0 spiro atoms. The van der Waals surface area contributed by atoms with Crippen LogP contribution in [0.15, 0.2) is 67.1 Å². The maximum atomic E-state index is 14.2. The van der Waals surface area contributed by atoms with E-state index in [1.165, 1.54) is 25.7 Å². The van der Waals surface area contributed by atoms with Gasteiger partial charge in [0.25, 0.3) is 0 Å². The third-order valence-corrected chi connectivity index (χ3v) is 8.64. The Kier molecular flexibility index (Phi) is 8.39. The van der Waals surface area contributed by atoms with Gasteiger partial charge >= 0.3 is 0 Å². The first-order chi connectivity index (χ1) is 18.5. The molecule has 2 aromatic heterocycles. The van der Waals surface area contributed by atoms with Crippen LogP contribution in [0.25, 0.3) is 43.6 Å². The zero-order chi connectivity index (χ0) is 26.8. The van der Waals surface area contributed by atoms with E-state index >= 15 is 0 Å². The van der Waals surface area contributed by atoms with Gasteiger partial charge in [-0.2, -0.15) is 0 Å². The fourth-order valence-electron chi connectivity index (χ4n) is 5.75. The highest BCUT2D eigenvalue weighted by Gasteiger charge is 2.19. The Bertz CT molecular complexity index is 1640. The van der Waals surface area contributed by atoms with Crippen LogP contribution < -0.4 is 10.9 Å². The van der Waals surface area contributed by atoms with E-state index in [0.717, 1.165) is 69.8 Å². The average molecular weight is 638 g/mol. The Morgan fingerprint density at radius 3 is 1.34 bits per heavy atom. The lowest BCUT2D eigenvalue weighted by atomic mass is 10.0. The van der Waals surface area contributed by atoms with Crippen molar-refractivity contribution in [1.29, 1.82) is 0 Å². The number of aromatic nitrogens is 2. The topological polar surface area (TPSA) is 44.0 Å². The van der Waals surface area contributed by atoms with Gasteiger partial charge in [0.05, 0.1) is 32.8 Å². The highest BCUT2D eigenvalue weighted by molar-refractivity contribution is 9.10. The van der Waals surface area contributed by atoms with E-state index < -0.39 is 0 Å². The highest BCUT2D eigenvalue weighted by atomic mass is 79.9. The molecule has 0 amide bonds. The van der Waals surface area contributed by atoms with Crippen LogP contribution in [0.3, 0.4) is 0 Å². The minimum absolute atomic E-state index is 0.0734. The molecule has 198 valence electrons. The van der Waals surface area contributed by atoms with E-state index in [1.54, 1.807) is 0 Å². The van der Waals surface area contributed by atoms with E-state index in [2.05, 4.69) is 67.0 Å². The van der Waals surface area contributed by atoms with E-state index in [1.807, 2.05) is 36.4 Å². The number of halogens is 2. The summed E-state index contributed by atoms with van der Waals surface area (Å²) in [5, 5.41) is 2.38. The zero-order valence-electron chi connectivity index (χ0n) is 22.2. The summed E-state index contributed by atoms with van der Waals surface area (Å²) in [5.41, 5.74) is 3.39. The Balaban J connectivity index is 1.88. The first-order valence-electron chi connectivity index (χ1n) is 13.9. The number of pyridine rings is 2. The SMILES string of the molecule is CCCCCCn1c2ccc(Br)cc2c(=O)c2c3c(=O)c4cc(Br)ccc4n(CCCCCC)c3ccc21. The summed E-state index contributed by atoms with van der Waals surface area (Å²) in [5.74, 6) is 0. The van der Waals surface area contributed by atoms with E-state index in [4.69, 9.17) is 0 Å². The summed E-state index contributed by atoms with van der Waals surface area (Å²) in [6, 6.07) is 16.0. The summed E-state index contributed by atoms with van der Waals surface area (Å²) in [6.45, 7) is 6.04. The van der Waals surface area contributed by atoms with Crippen LogP contribution in [0.4, 0.5) is 0 Å². The molecule has 0 atom stereocenters. The van der Waals surface area contributed by atoms with Gasteiger partial charge in [-0.25, -0.2) is 0 Å². The Morgan fingerprint density at radius 1 is 0.553 bits per heavy atom. The van der Waals surface area contributed by atoms with Gasteiger partial charge in [0.2, 0.25) is 0 Å². The normalized spacial score (nSPS) is 11.9. The summed E-state index contributed by atoms with van der Waals surface area (Å²) in [4.78, 5) is 28.3. The molecule has 4 nitrogen and oxygen atoms in total. The summed E-state index contributed by atoms with van der Waals surface area (Å²) in [7, 11) is 0. The number of rotatable bonds is 10. The minimum atomic E-state index is -0.0734. The fraction of sp³-hybridized carbons (Fsp3) is 0.375. The van der Waals surface area contributed by atoms with Gasteiger partial charge in [-0.1, -0.05) is 84.2 Å². The van der Waals surface area contributed by atoms with Gasteiger partial charge in [-0.05, 0) is 61.4 Å². The van der Waals surface area contributed by atoms with Crippen LogP contribution in [-0.4, -0.2) is 9.13 Å². The van der Waals surface area contributed by atoms with E-state index in [9.17, 15) is 9.59 Å². The Hall–Kier alpha value is -2.44. The average Bonchev–Trinajstić information content (AvgIpc) is 2.92. The summed E-state index contributed by atoms with van der Waals surface area (Å²) < 4.78 is 6.23. The summed E-state index contributed by atoms with van der Waals surface area (Å²) >= 11 is 7.13. The third kappa shape index (κ3) is 4.98. The number of aryl methyl sites for hydroxylation is 2. The van der Waals surface area contributed by atoms with Gasteiger partial charge in [0.1, 0.15) is 0 Å². The lowest BCUT2D eigenvalue weighted by molar-refractivity contribution is 0.600. The van der Waals surface area contributed by atoms with Crippen molar-refractivity contribution in [3.05, 3.63) is 77.9 Å². The third-order valence-electron chi connectivity index (χ3n) is 7.66. The van der Waals surface area contributed by atoms with Gasteiger partial charge in [-0.15, -0.1) is 0 Å². The number of hydrogen-bond donors (Lipinski definition) is 0. The molecule has 0 aliphatic carbocycles. The van der Waals surface area contributed by atoms with Crippen LogP contribution in [0.1, 0.15) is 65.2 Å². The Morgan fingerprint density at radius 2 is 0.947 bits per heavy atom. The van der Waals surface area contributed by atoms with Crippen molar-refractivity contribution in [2.45, 2.75) is 78.3 Å². The molecule has 2 heterocycles. The number of hydrogen-bond acceptors (Lipinski definition) is 2. The number of unbranched alkanes of at least 4 members (excludes halogenated alkanes) is 6. The predicted octanol–water partition coefficient (Wildman–Crippen LogP) is 9.31. The maximum Gasteiger partial charge on any atom is 0.198 e. The largest absolute Gasteiger partial charge is 0.340 e. The zero-order valence-corrected chi connectivity index (χ0v) is 25.3. The van der Waals surface area contributed by atoms with Crippen molar-refractivity contribution in [3.8, 4) is 0 Å². The number of benzene rings is 3. The highest BCUT2D eigenvalue weighted by Crippen LogP contribution is 2.30. The molecule has 38 heavy (non-hydrogen) atoms. The van der Waals surface area contributed by atoms with Crippen LogP contribution in [0.5, 0.6) is 0 Å². The smallest absolute Gasteiger partial charge is 0.198 e. The van der Waals surface area contributed by atoms with Crippen LogP contribution in [0, 0.1) is 0 Å². The van der Waals surface area contributed by atoms with Crippen LogP contribution >= 0.6 is 31.9 Å². The molecule has 0 aliphatic rings. The molecule has 0 fully saturated rings. The fourth-order valence-corrected chi connectivity index (χ4v) is 6.47. The first-order valence-corrected chi connectivity index (χ1v) is 15.5. The molecule has 0 aliphatic heterocycles. The monoisotopic (exact) mass is 636 g/mol. The maximum absolute atomic E-state index is 14.2. The molecule has 0 N–H and O–H groups in total. The van der Waals surface area contributed by atoms with Crippen molar-refractivity contribution in [1.82, 2.24) is 9.13 Å². The first kappa shape index (κ1) is 27.1. The Labute approximate surface area is 239 Å². The molecule has 5 rings (SSSR count). The molecular weight excluding hydrogens is 604 g/mol. The van der Waals surface area contributed by atoms with Gasteiger partial charge in [-0.3, -0.25) is 9.59 Å². The van der Waals surface area contributed by atoms with Crippen molar-refractivity contribution < 1.29 is 0 Å². The van der Waals surface area contributed by atoms with Crippen molar-refractivity contribution in [3.63, 3.8) is 0 Å². The van der Waals surface area contributed by atoms with Gasteiger partial charge < -0.3 is 9.13 Å². The predicted molar refractivity (Wildman–Crippen MR) is 169 cm³/mol. The van der Waals surface area contributed by atoms with Crippen molar-refractivity contribution in [2.75, 3.05) is 0 Å². The van der Waals surface area contributed by atoms with Crippen molar-refractivity contribution in [2.24, 2.45) is 0 Å². The second-order valence-electron chi connectivity index (χ2n) is 10.3. The molecule has 0 radical (unpaired) electrons. The molecular formula is C32H34Br2N2O2. The van der Waals surface area contributed by atoms with Crippen LogP contribution in [-0.2, 0) is 13.1 Å². The van der Waals surface area contributed by atoms with Gasteiger partial charge in [0, 0.05) is 32.8 Å². The molecule has 0 unspecified atom stereocenters. The lowest BCUT2D eigenvalue weighted by Crippen LogP contribution is -2.18. The van der Waals surface area contributed by atoms with Crippen molar-refractivity contribution >= 4 is 75.5 Å². The standard InChI is InChI=1S/C32H34Br2N2O2/c1-3-5-7-9-17-35-25-13-11-21(33)19-23(25)31(37)29-27(35)15-16-28-30(29)32(38)24-20-22(34)12-14-26(24)36(28)18-10-8-6-4-2/h11-16,19-20H,3-10,17-18H2,1-2H3. The molecule has 0 bridgehead atoms. The van der Waals surface area contributed by atoms with Crippen LogP contribution in [0.2, 0.25) is 0 Å². The van der Waals surface area contributed by atoms with Gasteiger partial charge in [0.15, 0.2) is 10.9 Å². The second-order valence-corrected chi connectivity index (χ2v) is 12.1. The number of nitrogens with zero attached hydrogens (tertiary/aromatic N) is 2. The number of fused-ring (bicyclic) bond motifs is 5. The molecule has 6 heteroatoms. The molecule has 0 saturated carbocycles. The quantitative estimate of drug-likeness (QED) is 0.0870.